The summed E-state index contributed by atoms with van der Waals surface area (Å²) in [4.78, 5) is 5.36. The zero-order chi connectivity index (χ0) is 15.0. The average molecular weight is 326 g/mol. The SMILES string of the molecule is CCC1CCC(N)(c2noc(-c3scc(C)c3Cl)n2)CC1. The first-order valence-corrected chi connectivity index (χ1v) is 8.66. The van der Waals surface area contributed by atoms with E-state index in [-0.39, 0.29) is 0 Å². The van der Waals surface area contributed by atoms with Gasteiger partial charge in [0.15, 0.2) is 5.82 Å². The Labute approximate surface area is 133 Å². The summed E-state index contributed by atoms with van der Waals surface area (Å²) in [5, 5.41) is 6.81. The van der Waals surface area contributed by atoms with E-state index in [2.05, 4.69) is 17.1 Å². The second kappa shape index (κ2) is 5.71. The maximum absolute atomic E-state index is 6.52. The van der Waals surface area contributed by atoms with Crippen LogP contribution in [0.15, 0.2) is 9.90 Å². The van der Waals surface area contributed by atoms with Crippen LogP contribution in [0.5, 0.6) is 0 Å². The highest BCUT2D eigenvalue weighted by atomic mass is 35.5. The third kappa shape index (κ3) is 2.74. The number of thiophene rings is 1. The Kier molecular flexibility index (Phi) is 4.08. The number of hydrogen-bond donors (Lipinski definition) is 1. The van der Waals surface area contributed by atoms with Gasteiger partial charge in [0, 0.05) is 0 Å². The van der Waals surface area contributed by atoms with Crippen molar-refractivity contribution in [2.24, 2.45) is 11.7 Å². The molecule has 4 nitrogen and oxygen atoms in total. The van der Waals surface area contributed by atoms with Gasteiger partial charge in [0.1, 0.15) is 4.88 Å². The molecule has 2 aromatic heterocycles. The highest BCUT2D eigenvalue weighted by molar-refractivity contribution is 7.14. The molecule has 0 aromatic carbocycles. The summed E-state index contributed by atoms with van der Waals surface area (Å²) in [6, 6.07) is 0. The zero-order valence-electron chi connectivity index (χ0n) is 12.4. The van der Waals surface area contributed by atoms with Gasteiger partial charge >= 0.3 is 0 Å². The molecule has 0 spiro atoms. The molecule has 0 aliphatic heterocycles. The van der Waals surface area contributed by atoms with Gasteiger partial charge < -0.3 is 10.3 Å². The van der Waals surface area contributed by atoms with E-state index in [4.69, 9.17) is 21.9 Å². The molecule has 1 saturated carbocycles. The van der Waals surface area contributed by atoms with Crippen molar-refractivity contribution in [1.29, 1.82) is 0 Å². The largest absolute Gasteiger partial charge is 0.333 e. The van der Waals surface area contributed by atoms with Crippen molar-refractivity contribution in [3.05, 3.63) is 21.8 Å². The van der Waals surface area contributed by atoms with E-state index in [1.807, 2.05) is 12.3 Å². The predicted molar refractivity (Wildman–Crippen MR) is 85.5 cm³/mol. The van der Waals surface area contributed by atoms with E-state index in [0.29, 0.717) is 16.7 Å². The summed E-state index contributed by atoms with van der Waals surface area (Å²) in [6.07, 6.45) is 5.33. The van der Waals surface area contributed by atoms with Crippen molar-refractivity contribution in [2.75, 3.05) is 0 Å². The van der Waals surface area contributed by atoms with Gasteiger partial charge in [0.25, 0.3) is 5.89 Å². The molecule has 3 rings (SSSR count). The first-order chi connectivity index (χ1) is 10.0. The van der Waals surface area contributed by atoms with Crippen LogP contribution in [0.1, 0.15) is 50.4 Å². The third-order valence-corrected chi connectivity index (χ3v) is 6.22. The van der Waals surface area contributed by atoms with E-state index < -0.39 is 5.54 Å². The summed E-state index contributed by atoms with van der Waals surface area (Å²) in [5.41, 5.74) is 7.10. The molecule has 21 heavy (non-hydrogen) atoms. The fraction of sp³-hybridized carbons (Fsp3) is 0.600. The minimum Gasteiger partial charge on any atom is -0.333 e. The van der Waals surface area contributed by atoms with Gasteiger partial charge in [-0.05, 0) is 49.5 Å². The fourth-order valence-electron chi connectivity index (χ4n) is 2.92. The maximum Gasteiger partial charge on any atom is 0.269 e. The highest BCUT2D eigenvalue weighted by Gasteiger charge is 2.37. The lowest BCUT2D eigenvalue weighted by molar-refractivity contribution is 0.216. The number of rotatable bonds is 3. The molecule has 1 fully saturated rings. The smallest absolute Gasteiger partial charge is 0.269 e. The van der Waals surface area contributed by atoms with Crippen molar-refractivity contribution >= 4 is 22.9 Å². The van der Waals surface area contributed by atoms with Gasteiger partial charge in [-0.2, -0.15) is 4.98 Å². The Bertz CT molecular complexity index is 629. The number of nitrogens with two attached hydrogens (primary N) is 1. The van der Waals surface area contributed by atoms with Gasteiger partial charge in [-0.3, -0.25) is 0 Å². The lowest BCUT2D eigenvalue weighted by Crippen LogP contribution is -2.41. The molecule has 0 amide bonds. The van der Waals surface area contributed by atoms with E-state index >= 15 is 0 Å². The number of aryl methyl sites for hydroxylation is 1. The zero-order valence-corrected chi connectivity index (χ0v) is 13.9. The molecule has 2 heterocycles. The maximum atomic E-state index is 6.52. The molecule has 1 aliphatic carbocycles. The van der Waals surface area contributed by atoms with Crippen LogP contribution in [0.3, 0.4) is 0 Å². The molecule has 114 valence electrons. The second-order valence-electron chi connectivity index (χ2n) is 5.99. The van der Waals surface area contributed by atoms with Crippen molar-refractivity contribution in [3.63, 3.8) is 0 Å². The molecule has 0 atom stereocenters. The predicted octanol–water partition coefficient (Wildman–Crippen LogP) is 4.51. The van der Waals surface area contributed by atoms with Crippen molar-refractivity contribution in [1.82, 2.24) is 10.1 Å². The summed E-state index contributed by atoms with van der Waals surface area (Å²) in [5.74, 6) is 1.88. The van der Waals surface area contributed by atoms with Crippen LogP contribution in [0, 0.1) is 12.8 Å². The quantitative estimate of drug-likeness (QED) is 0.901. The third-order valence-electron chi connectivity index (χ3n) is 4.54. The summed E-state index contributed by atoms with van der Waals surface area (Å²) >= 11 is 7.79. The molecule has 6 heteroatoms. The Morgan fingerprint density at radius 2 is 2.19 bits per heavy atom. The molecule has 0 unspecified atom stereocenters. The standard InChI is InChI=1S/C15H20ClN3OS/c1-3-10-4-6-15(17,7-5-10)14-18-13(20-19-14)12-11(16)9(2)8-21-12/h8,10H,3-7,17H2,1-2H3. The average Bonchev–Trinajstić information content (AvgIpc) is 3.09. The molecule has 0 bridgehead atoms. The number of nitrogens with zero attached hydrogens (tertiary/aromatic N) is 2. The summed E-state index contributed by atoms with van der Waals surface area (Å²) < 4.78 is 5.40. The van der Waals surface area contributed by atoms with Gasteiger partial charge in [-0.1, -0.05) is 30.1 Å². The van der Waals surface area contributed by atoms with Crippen LogP contribution < -0.4 is 5.73 Å². The van der Waals surface area contributed by atoms with Crippen molar-refractivity contribution < 1.29 is 4.52 Å². The van der Waals surface area contributed by atoms with E-state index in [1.54, 1.807) is 0 Å². The van der Waals surface area contributed by atoms with Gasteiger partial charge in [-0.25, -0.2) is 0 Å². The summed E-state index contributed by atoms with van der Waals surface area (Å²) in [6.45, 7) is 4.21. The van der Waals surface area contributed by atoms with E-state index in [9.17, 15) is 0 Å². The Morgan fingerprint density at radius 1 is 1.48 bits per heavy atom. The van der Waals surface area contributed by atoms with Crippen LogP contribution in [0.4, 0.5) is 0 Å². The minimum absolute atomic E-state index is 0.452. The fourth-order valence-corrected chi connectivity index (χ4v) is 4.11. The Morgan fingerprint density at radius 3 is 2.76 bits per heavy atom. The molecular weight excluding hydrogens is 306 g/mol. The number of hydrogen-bond acceptors (Lipinski definition) is 5. The van der Waals surface area contributed by atoms with Crippen LogP contribution in [-0.4, -0.2) is 10.1 Å². The first kappa shape index (κ1) is 15.0. The van der Waals surface area contributed by atoms with Crippen LogP contribution in [0.25, 0.3) is 10.8 Å². The molecule has 1 aliphatic rings. The summed E-state index contributed by atoms with van der Waals surface area (Å²) in [7, 11) is 0. The topological polar surface area (TPSA) is 64.9 Å². The number of aromatic nitrogens is 2. The van der Waals surface area contributed by atoms with E-state index in [1.165, 1.54) is 17.8 Å². The van der Waals surface area contributed by atoms with Gasteiger partial charge in [0.05, 0.1) is 10.6 Å². The lowest BCUT2D eigenvalue weighted by atomic mass is 9.76. The van der Waals surface area contributed by atoms with E-state index in [0.717, 1.165) is 42.0 Å². The monoisotopic (exact) mass is 325 g/mol. The molecule has 0 radical (unpaired) electrons. The second-order valence-corrected chi connectivity index (χ2v) is 7.25. The first-order valence-electron chi connectivity index (χ1n) is 7.40. The Hall–Kier alpha value is -0.910. The van der Waals surface area contributed by atoms with Gasteiger partial charge in [0.2, 0.25) is 0 Å². The molecular formula is C15H20ClN3OS. The normalized spacial score (nSPS) is 26.2. The Balaban J connectivity index is 1.83. The molecule has 2 aromatic rings. The van der Waals surface area contributed by atoms with Crippen LogP contribution in [-0.2, 0) is 5.54 Å². The molecule has 2 N–H and O–H groups in total. The highest BCUT2D eigenvalue weighted by Crippen LogP contribution is 2.40. The molecule has 0 saturated heterocycles. The van der Waals surface area contributed by atoms with Gasteiger partial charge in [-0.15, -0.1) is 11.3 Å². The van der Waals surface area contributed by atoms with Crippen LogP contribution in [0.2, 0.25) is 5.02 Å². The number of halogens is 1. The van der Waals surface area contributed by atoms with Crippen molar-refractivity contribution in [3.8, 4) is 10.8 Å². The lowest BCUT2D eigenvalue weighted by Gasteiger charge is -2.34. The van der Waals surface area contributed by atoms with Crippen LogP contribution >= 0.6 is 22.9 Å². The minimum atomic E-state index is -0.452. The van der Waals surface area contributed by atoms with Crippen molar-refractivity contribution in [2.45, 2.75) is 51.5 Å².